The van der Waals surface area contributed by atoms with E-state index in [0.29, 0.717) is 30.8 Å². The monoisotopic (exact) mass is 455 g/mol. The zero-order valence-corrected chi connectivity index (χ0v) is 19.6. The predicted octanol–water partition coefficient (Wildman–Crippen LogP) is 3.31. The van der Waals surface area contributed by atoms with Gasteiger partial charge < -0.3 is 9.88 Å². The van der Waals surface area contributed by atoms with Crippen molar-refractivity contribution in [1.82, 2.24) is 24.4 Å². The molecule has 0 unspecified atom stereocenters. The second-order valence-corrected chi connectivity index (χ2v) is 8.88. The summed E-state index contributed by atoms with van der Waals surface area (Å²) in [4.78, 5) is 28.8. The summed E-state index contributed by atoms with van der Waals surface area (Å²) in [5, 5.41) is 7.32. The second kappa shape index (κ2) is 9.27. The molecule has 2 aromatic carbocycles. The number of amides is 1. The molecule has 0 saturated carbocycles. The number of aromatic nitrogens is 3. The summed E-state index contributed by atoms with van der Waals surface area (Å²) in [5.41, 5.74) is 6.09. The average molecular weight is 456 g/mol. The van der Waals surface area contributed by atoms with E-state index in [-0.39, 0.29) is 11.5 Å². The summed E-state index contributed by atoms with van der Waals surface area (Å²) in [5.74, 6) is -0.223. The highest BCUT2D eigenvalue weighted by atomic mass is 16.2. The van der Waals surface area contributed by atoms with Gasteiger partial charge in [0, 0.05) is 44.8 Å². The third-order valence-corrected chi connectivity index (χ3v) is 6.55. The molecule has 0 spiro atoms. The SMILES string of the molecule is CCn1c2c(c(=O)n3ncc(C(=O)NCc4ccc(C)cc4)c13)CN(Cc1ccccc1)CC2. The summed E-state index contributed by atoms with van der Waals surface area (Å²) < 4.78 is 3.49. The maximum Gasteiger partial charge on any atom is 0.279 e. The van der Waals surface area contributed by atoms with Crippen molar-refractivity contribution in [1.29, 1.82) is 0 Å². The van der Waals surface area contributed by atoms with Crippen molar-refractivity contribution in [3.05, 3.63) is 105 Å². The van der Waals surface area contributed by atoms with Gasteiger partial charge >= 0.3 is 0 Å². The molecule has 4 aromatic rings. The second-order valence-electron chi connectivity index (χ2n) is 8.88. The van der Waals surface area contributed by atoms with Crippen molar-refractivity contribution in [3.63, 3.8) is 0 Å². The number of carbonyl (C=O) groups is 1. The molecule has 0 saturated heterocycles. The standard InChI is InChI=1S/C27H29N5O2/c1-3-31-24-13-14-30(17-21-7-5-4-6-8-21)18-23(24)27(34)32-26(31)22(16-29-32)25(33)28-15-20-11-9-19(2)10-12-20/h4-12,16H,3,13-15,17-18H2,1-2H3,(H,28,33). The first-order valence-electron chi connectivity index (χ1n) is 11.8. The molecule has 1 amide bonds. The highest BCUT2D eigenvalue weighted by Gasteiger charge is 2.27. The smallest absolute Gasteiger partial charge is 0.279 e. The molecule has 3 heterocycles. The van der Waals surface area contributed by atoms with Crippen molar-refractivity contribution in [2.24, 2.45) is 0 Å². The zero-order chi connectivity index (χ0) is 23.7. The van der Waals surface area contributed by atoms with Gasteiger partial charge in [0.05, 0.1) is 11.8 Å². The maximum absolute atomic E-state index is 13.4. The first-order chi connectivity index (χ1) is 16.5. The summed E-state index contributed by atoms with van der Waals surface area (Å²) in [6.45, 7) is 7.40. The normalized spacial score (nSPS) is 13.7. The molecule has 0 atom stereocenters. The molecule has 1 N–H and O–H groups in total. The molecule has 7 heteroatoms. The summed E-state index contributed by atoms with van der Waals surface area (Å²) in [7, 11) is 0. The number of rotatable bonds is 6. The minimum atomic E-state index is -0.223. The molecule has 7 nitrogen and oxygen atoms in total. The van der Waals surface area contributed by atoms with E-state index in [9.17, 15) is 9.59 Å². The van der Waals surface area contributed by atoms with Crippen LogP contribution in [0.5, 0.6) is 0 Å². The van der Waals surface area contributed by atoms with Crippen molar-refractivity contribution in [3.8, 4) is 0 Å². The number of hydrogen-bond acceptors (Lipinski definition) is 4. The topological polar surface area (TPSA) is 71.6 Å². The van der Waals surface area contributed by atoms with E-state index in [4.69, 9.17) is 0 Å². The Labute approximate surface area is 198 Å². The van der Waals surface area contributed by atoms with Crippen LogP contribution >= 0.6 is 0 Å². The molecule has 0 radical (unpaired) electrons. The fourth-order valence-electron chi connectivity index (χ4n) is 4.76. The van der Waals surface area contributed by atoms with Crippen LogP contribution in [0.15, 0.2) is 65.6 Å². The average Bonchev–Trinajstić information content (AvgIpc) is 3.30. The largest absolute Gasteiger partial charge is 0.348 e. The van der Waals surface area contributed by atoms with E-state index in [0.717, 1.165) is 36.3 Å². The molecule has 2 aromatic heterocycles. The van der Waals surface area contributed by atoms with Gasteiger partial charge in [-0.05, 0) is 25.0 Å². The lowest BCUT2D eigenvalue weighted by atomic mass is 10.0. The minimum Gasteiger partial charge on any atom is -0.348 e. The van der Waals surface area contributed by atoms with E-state index in [1.165, 1.54) is 21.8 Å². The highest BCUT2D eigenvalue weighted by molar-refractivity contribution is 5.99. The Kier molecular flexibility index (Phi) is 6.02. The van der Waals surface area contributed by atoms with Gasteiger partial charge in [-0.3, -0.25) is 14.5 Å². The van der Waals surface area contributed by atoms with Crippen LogP contribution in [0.2, 0.25) is 0 Å². The highest BCUT2D eigenvalue weighted by Crippen LogP contribution is 2.22. The first kappa shape index (κ1) is 22.1. The van der Waals surface area contributed by atoms with Crippen LogP contribution in [0, 0.1) is 6.92 Å². The van der Waals surface area contributed by atoms with Crippen LogP contribution in [0.25, 0.3) is 5.65 Å². The van der Waals surface area contributed by atoms with Gasteiger partial charge in [0.2, 0.25) is 0 Å². The third kappa shape index (κ3) is 4.15. The lowest BCUT2D eigenvalue weighted by molar-refractivity contribution is 0.0952. The maximum atomic E-state index is 13.4. The number of aryl methyl sites for hydroxylation is 2. The van der Waals surface area contributed by atoms with Crippen molar-refractivity contribution in [2.45, 2.75) is 46.4 Å². The molecule has 0 aliphatic carbocycles. The minimum absolute atomic E-state index is 0.134. The Morgan fingerprint density at radius 2 is 1.82 bits per heavy atom. The molecule has 0 bridgehead atoms. The molecule has 1 aliphatic rings. The van der Waals surface area contributed by atoms with Gasteiger partial charge in [-0.15, -0.1) is 0 Å². The van der Waals surface area contributed by atoms with Crippen LogP contribution in [-0.2, 0) is 32.6 Å². The molecule has 5 rings (SSSR count). The number of nitrogens with zero attached hydrogens (tertiary/aromatic N) is 4. The molecule has 174 valence electrons. The van der Waals surface area contributed by atoms with Crippen LogP contribution in [-0.4, -0.2) is 31.5 Å². The summed E-state index contributed by atoms with van der Waals surface area (Å²) in [6, 6.07) is 18.4. The van der Waals surface area contributed by atoms with Gasteiger partial charge in [0.25, 0.3) is 11.5 Å². The number of nitrogens with one attached hydrogen (secondary N) is 1. The van der Waals surface area contributed by atoms with Crippen molar-refractivity contribution >= 4 is 11.6 Å². The Balaban J connectivity index is 1.44. The van der Waals surface area contributed by atoms with Crippen LogP contribution < -0.4 is 10.9 Å². The Morgan fingerprint density at radius 3 is 2.56 bits per heavy atom. The van der Waals surface area contributed by atoms with Crippen LogP contribution in [0.1, 0.15) is 45.2 Å². The van der Waals surface area contributed by atoms with E-state index < -0.39 is 0 Å². The summed E-state index contributed by atoms with van der Waals surface area (Å²) in [6.07, 6.45) is 2.28. The molecular formula is C27H29N5O2. The van der Waals surface area contributed by atoms with Crippen LogP contribution in [0.4, 0.5) is 0 Å². The van der Waals surface area contributed by atoms with Crippen molar-refractivity contribution < 1.29 is 4.79 Å². The third-order valence-electron chi connectivity index (χ3n) is 6.55. The van der Waals surface area contributed by atoms with Gasteiger partial charge in [0.1, 0.15) is 5.56 Å². The fourth-order valence-corrected chi connectivity index (χ4v) is 4.76. The quantitative estimate of drug-likeness (QED) is 0.484. The van der Waals surface area contributed by atoms with E-state index in [1.54, 1.807) is 0 Å². The predicted molar refractivity (Wildman–Crippen MR) is 132 cm³/mol. The number of fused-ring (bicyclic) bond motifs is 2. The lowest BCUT2D eigenvalue weighted by Gasteiger charge is -2.30. The van der Waals surface area contributed by atoms with Gasteiger partial charge in [0.15, 0.2) is 5.65 Å². The first-order valence-corrected chi connectivity index (χ1v) is 11.8. The Hall–Kier alpha value is -3.71. The fraction of sp³-hybridized carbons (Fsp3) is 0.296. The van der Waals surface area contributed by atoms with E-state index >= 15 is 0 Å². The number of hydrogen-bond donors (Lipinski definition) is 1. The van der Waals surface area contributed by atoms with E-state index in [2.05, 4.69) is 32.0 Å². The Morgan fingerprint density at radius 1 is 1.06 bits per heavy atom. The Bertz CT molecular complexity index is 1390. The zero-order valence-electron chi connectivity index (χ0n) is 19.6. The van der Waals surface area contributed by atoms with Crippen LogP contribution in [0.3, 0.4) is 0 Å². The lowest BCUT2D eigenvalue weighted by Crippen LogP contribution is -2.38. The van der Waals surface area contributed by atoms with E-state index in [1.807, 2.05) is 56.3 Å². The number of carbonyl (C=O) groups excluding carboxylic acids is 1. The molecule has 34 heavy (non-hydrogen) atoms. The van der Waals surface area contributed by atoms with Gasteiger partial charge in [-0.1, -0.05) is 60.2 Å². The molecular weight excluding hydrogens is 426 g/mol. The molecule has 0 fully saturated rings. The number of benzene rings is 2. The molecule has 1 aliphatic heterocycles. The van der Waals surface area contributed by atoms with Gasteiger partial charge in [-0.2, -0.15) is 9.61 Å². The van der Waals surface area contributed by atoms with Crippen molar-refractivity contribution in [2.75, 3.05) is 6.54 Å². The summed E-state index contributed by atoms with van der Waals surface area (Å²) >= 11 is 0. The van der Waals surface area contributed by atoms with Gasteiger partial charge in [-0.25, -0.2) is 0 Å².